The normalized spacial score (nSPS) is 19.8. The number of aliphatic imine (C=N–C) groups is 1. The van der Waals surface area contributed by atoms with Gasteiger partial charge in [-0.1, -0.05) is 18.2 Å². The lowest BCUT2D eigenvalue weighted by Gasteiger charge is -2.26. The molecule has 1 aliphatic carbocycles. The van der Waals surface area contributed by atoms with Gasteiger partial charge in [-0.15, -0.1) is 24.0 Å². The Balaban J connectivity index is 0.00000280. The molecule has 2 fully saturated rings. The molecular weight excluding hydrogens is 484 g/mol. The lowest BCUT2D eigenvalue weighted by atomic mass is 9.94. The molecule has 0 spiro atoms. The number of halogens is 4. The smallest absolute Gasteiger partial charge is 0.379 e. The van der Waals surface area contributed by atoms with Gasteiger partial charge in [-0.05, 0) is 37.4 Å². The fraction of sp³-hybridized carbons (Fsp3) is 0.632. The highest BCUT2D eigenvalue weighted by molar-refractivity contribution is 14.0. The van der Waals surface area contributed by atoms with E-state index in [0.717, 1.165) is 64.7 Å². The summed E-state index contributed by atoms with van der Waals surface area (Å²) in [7, 11) is 0. The van der Waals surface area contributed by atoms with E-state index in [0.29, 0.717) is 18.1 Å². The van der Waals surface area contributed by atoms with Gasteiger partial charge in [-0.2, -0.15) is 13.2 Å². The van der Waals surface area contributed by atoms with E-state index in [1.165, 1.54) is 12.1 Å². The predicted molar refractivity (Wildman–Crippen MR) is 114 cm³/mol. The first-order valence-electron chi connectivity index (χ1n) is 9.41. The lowest BCUT2D eigenvalue weighted by molar-refractivity contribution is -0.137. The average Bonchev–Trinajstić information content (AvgIpc) is 3.45. The molecule has 2 aliphatic rings. The zero-order valence-corrected chi connectivity index (χ0v) is 18.1. The van der Waals surface area contributed by atoms with Crippen LogP contribution >= 0.6 is 24.0 Å². The number of morpholine rings is 1. The summed E-state index contributed by atoms with van der Waals surface area (Å²) in [5.74, 6) is 0.357. The fourth-order valence-corrected chi connectivity index (χ4v) is 3.35. The lowest BCUT2D eigenvalue weighted by Crippen LogP contribution is -2.39. The molecule has 1 aliphatic heterocycles. The fourth-order valence-electron chi connectivity index (χ4n) is 3.35. The van der Waals surface area contributed by atoms with Crippen LogP contribution in [0.4, 0.5) is 13.2 Å². The summed E-state index contributed by atoms with van der Waals surface area (Å²) < 4.78 is 44.1. The van der Waals surface area contributed by atoms with Crippen molar-refractivity contribution in [1.29, 1.82) is 0 Å². The van der Waals surface area contributed by atoms with E-state index in [4.69, 9.17) is 10.5 Å². The number of rotatable bonds is 7. The molecule has 3 rings (SSSR count). The van der Waals surface area contributed by atoms with Crippen LogP contribution in [0, 0.1) is 0 Å². The Bertz CT molecular complexity index is 659. The predicted octanol–water partition coefficient (Wildman–Crippen LogP) is 2.98. The van der Waals surface area contributed by atoms with Gasteiger partial charge in [0.2, 0.25) is 0 Å². The summed E-state index contributed by atoms with van der Waals surface area (Å²) in [6.45, 7) is 5.62. The molecule has 0 atom stereocenters. The summed E-state index contributed by atoms with van der Waals surface area (Å²) in [5.41, 5.74) is 5.71. The van der Waals surface area contributed by atoms with Crippen molar-refractivity contribution in [3.05, 3.63) is 35.4 Å². The zero-order valence-electron chi connectivity index (χ0n) is 15.8. The highest BCUT2D eigenvalue weighted by atomic mass is 127. The number of benzene rings is 1. The Labute approximate surface area is 180 Å². The molecule has 28 heavy (non-hydrogen) atoms. The number of guanidine groups is 1. The Hall–Kier alpha value is -1.07. The van der Waals surface area contributed by atoms with Crippen molar-refractivity contribution in [1.82, 2.24) is 10.2 Å². The number of ether oxygens (including phenoxy) is 1. The molecule has 0 radical (unpaired) electrons. The van der Waals surface area contributed by atoms with Crippen molar-refractivity contribution in [3.63, 3.8) is 0 Å². The van der Waals surface area contributed by atoms with Crippen molar-refractivity contribution in [2.75, 3.05) is 45.9 Å². The topological polar surface area (TPSA) is 62.9 Å². The SMILES string of the molecule is I.NC(=NCC1(c2cccc(C(F)(F)F)c2)CC1)NCCCN1CCOCC1. The number of alkyl halides is 3. The Morgan fingerprint density at radius 2 is 1.96 bits per heavy atom. The number of hydrogen-bond acceptors (Lipinski definition) is 3. The monoisotopic (exact) mass is 512 g/mol. The Morgan fingerprint density at radius 3 is 2.61 bits per heavy atom. The van der Waals surface area contributed by atoms with E-state index >= 15 is 0 Å². The highest BCUT2D eigenvalue weighted by Gasteiger charge is 2.45. The van der Waals surface area contributed by atoms with Crippen LogP contribution in [0.1, 0.15) is 30.4 Å². The summed E-state index contributed by atoms with van der Waals surface area (Å²) in [6, 6.07) is 5.57. The van der Waals surface area contributed by atoms with Crippen LogP contribution < -0.4 is 11.1 Å². The van der Waals surface area contributed by atoms with Crippen molar-refractivity contribution >= 4 is 29.9 Å². The molecular formula is C19H28F3IN4O. The summed E-state index contributed by atoms with van der Waals surface area (Å²) >= 11 is 0. The summed E-state index contributed by atoms with van der Waals surface area (Å²) in [4.78, 5) is 6.73. The van der Waals surface area contributed by atoms with Crippen molar-refractivity contribution < 1.29 is 17.9 Å². The van der Waals surface area contributed by atoms with Gasteiger partial charge in [0.1, 0.15) is 0 Å². The second-order valence-corrected chi connectivity index (χ2v) is 7.29. The zero-order chi connectivity index (χ0) is 19.3. The van der Waals surface area contributed by atoms with Crippen LogP contribution in [0.15, 0.2) is 29.3 Å². The first-order valence-corrected chi connectivity index (χ1v) is 9.41. The van der Waals surface area contributed by atoms with Gasteiger partial charge in [-0.3, -0.25) is 9.89 Å². The molecule has 3 N–H and O–H groups in total. The Morgan fingerprint density at radius 1 is 1.25 bits per heavy atom. The Kier molecular flexibility index (Phi) is 8.38. The van der Waals surface area contributed by atoms with Crippen LogP contribution in [0.25, 0.3) is 0 Å². The minimum Gasteiger partial charge on any atom is -0.379 e. The third kappa shape index (κ3) is 6.48. The van der Waals surface area contributed by atoms with Crippen LogP contribution in [0.3, 0.4) is 0 Å². The van der Waals surface area contributed by atoms with E-state index in [2.05, 4.69) is 15.2 Å². The van der Waals surface area contributed by atoms with E-state index in [-0.39, 0.29) is 29.4 Å². The second kappa shape index (κ2) is 10.1. The molecule has 0 unspecified atom stereocenters. The second-order valence-electron chi connectivity index (χ2n) is 7.29. The van der Waals surface area contributed by atoms with Crippen LogP contribution in [-0.4, -0.2) is 56.8 Å². The van der Waals surface area contributed by atoms with Gasteiger partial charge < -0.3 is 15.8 Å². The maximum atomic E-state index is 12.9. The number of nitrogens with zero attached hydrogens (tertiary/aromatic N) is 2. The van der Waals surface area contributed by atoms with E-state index in [9.17, 15) is 13.2 Å². The average molecular weight is 512 g/mol. The molecule has 0 bridgehead atoms. The minimum atomic E-state index is -4.32. The van der Waals surface area contributed by atoms with Crippen LogP contribution in [-0.2, 0) is 16.3 Å². The summed E-state index contributed by atoms with van der Waals surface area (Å²) in [6.07, 6.45) is -1.70. The van der Waals surface area contributed by atoms with E-state index < -0.39 is 11.7 Å². The van der Waals surface area contributed by atoms with Crippen molar-refractivity contribution in [2.24, 2.45) is 10.7 Å². The highest BCUT2D eigenvalue weighted by Crippen LogP contribution is 2.49. The van der Waals surface area contributed by atoms with Gasteiger partial charge in [0.05, 0.1) is 25.3 Å². The van der Waals surface area contributed by atoms with E-state index in [1.54, 1.807) is 6.07 Å². The molecule has 1 heterocycles. The molecule has 5 nitrogen and oxygen atoms in total. The van der Waals surface area contributed by atoms with Gasteiger partial charge >= 0.3 is 6.18 Å². The molecule has 158 valence electrons. The van der Waals surface area contributed by atoms with Crippen LogP contribution in [0.5, 0.6) is 0 Å². The first-order chi connectivity index (χ1) is 12.9. The third-order valence-electron chi connectivity index (χ3n) is 5.27. The van der Waals surface area contributed by atoms with Gasteiger partial charge in [0.25, 0.3) is 0 Å². The van der Waals surface area contributed by atoms with Crippen molar-refractivity contribution in [3.8, 4) is 0 Å². The van der Waals surface area contributed by atoms with Gasteiger partial charge in [0, 0.05) is 25.0 Å². The molecule has 1 aromatic rings. The molecule has 1 aromatic carbocycles. The van der Waals surface area contributed by atoms with Crippen molar-refractivity contribution in [2.45, 2.75) is 30.9 Å². The molecule has 0 amide bonds. The van der Waals surface area contributed by atoms with E-state index in [1.807, 2.05) is 0 Å². The molecule has 0 aromatic heterocycles. The number of nitrogens with two attached hydrogens (primary N) is 1. The maximum Gasteiger partial charge on any atom is 0.416 e. The minimum absolute atomic E-state index is 0. The largest absolute Gasteiger partial charge is 0.416 e. The summed E-state index contributed by atoms with van der Waals surface area (Å²) in [5, 5.41) is 3.10. The standard InChI is InChI=1S/C19H27F3N4O.HI/c20-19(21,22)16-4-1-3-15(13-16)18(5-6-18)14-25-17(23)24-7-2-8-26-9-11-27-12-10-26;/h1,3-4,13H,2,5-12,14H2,(H3,23,24,25);1H. The molecule has 1 saturated carbocycles. The molecule has 1 saturated heterocycles. The third-order valence-corrected chi connectivity index (χ3v) is 5.27. The van der Waals surface area contributed by atoms with Gasteiger partial charge in [-0.25, -0.2) is 0 Å². The number of hydrogen-bond donors (Lipinski definition) is 2. The number of nitrogens with one attached hydrogen (secondary N) is 1. The molecule has 9 heteroatoms. The maximum absolute atomic E-state index is 12.9. The first kappa shape index (κ1) is 23.2. The quantitative estimate of drug-likeness (QED) is 0.255. The van der Waals surface area contributed by atoms with Crippen LogP contribution in [0.2, 0.25) is 0 Å². The van der Waals surface area contributed by atoms with Gasteiger partial charge in [0.15, 0.2) is 5.96 Å².